The van der Waals surface area contributed by atoms with Crippen molar-refractivity contribution < 1.29 is 4.79 Å². The summed E-state index contributed by atoms with van der Waals surface area (Å²) in [5.41, 5.74) is 5.36. The van der Waals surface area contributed by atoms with Crippen LogP contribution in [0.4, 0.5) is 5.69 Å². The van der Waals surface area contributed by atoms with Gasteiger partial charge in [-0.3, -0.25) is 14.8 Å². The first-order valence-electron chi connectivity index (χ1n) is 8.50. The number of nitrogens with zero attached hydrogens (tertiary/aromatic N) is 3. The van der Waals surface area contributed by atoms with Crippen molar-refractivity contribution in [3.8, 4) is 11.3 Å². The van der Waals surface area contributed by atoms with Crippen LogP contribution in [0.2, 0.25) is 0 Å². The fraction of sp³-hybridized carbons (Fsp3) is 0.150. The van der Waals surface area contributed by atoms with E-state index in [1.165, 1.54) is 0 Å². The third-order valence-electron chi connectivity index (χ3n) is 4.39. The quantitative estimate of drug-likeness (QED) is 0.564. The summed E-state index contributed by atoms with van der Waals surface area (Å²) in [6, 6.07) is 15.7. The van der Waals surface area contributed by atoms with E-state index in [0.717, 1.165) is 40.3 Å². The number of anilines is 1. The Morgan fingerprint density at radius 2 is 2.04 bits per heavy atom. The maximum Gasteiger partial charge on any atom is 0.253 e. The summed E-state index contributed by atoms with van der Waals surface area (Å²) in [4.78, 5) is 19.7. The van der Waals surface area contributed by atoms with Gasteiger partial charge in [0.1, 0.15) is 0 Å². The zero-order valence-corrected chi connectivity index (χ0v) is 14.4. The van der Waals surface area contributed by atoms with Gasteiger partial charge in [0.15, 0.2) is 0 Å². The molecule has 4 rings (SSSR count). The molecule has 1 aliphatic heterocycles. The number of carbonyl (C=O) groups is 1. The van der Waals surface area contributed by atoms with Gasteiger partial charge in [-0.1, -0.05) is 18.2 Å². The first-order chi connectivity index (χ1) is 12.7. The molecule has 2 N–H and O–H groups in total. The fourth-order valence-corrected chi connectivity index (χ4v) is 2.99. The number of pyridine rings is 1. The molecule has 6 nitrogen and oxygen atoms in total. The Morgan fingerprint density at radius 1 is 1.19 bits per heavy atom. The largest absolute Gasteiger partial charge is 0.358 e. The van der Waals surface area contributed by atoms with Crippen molar-refractivity contribution >= 4 is 17.8 Å². The van der Waals surface area contributed by atoms with Gasteiger partial charge in [0, 0.05) is 43.2 Å². The number of amides is 1. The van der Waals surface area contributed by atoms with Gasteiger partial charge < -0.3 is 10.3 Å². The van der Waals surface area contributed by atoms with Gasteiger partial charge in [0.05, 0.1) is 23.2 Å². The number of fused-ring (bicyclic) bond motifs is 1. The van der Waals surface area contributed by atoms with E-state index in [0.29, 0.717) is 6.54 Å². The van der Waals surface area contributed by atoms with Crippen LogP contribution in [-0.2, 0) is 6.42 Å². The Balaban J connectivity index is 1.57. The average molecular weight is 345 g/mol. The van der Waals surface area contributed by atoms with Gasteiger partial charge in [-0.25, -0.2) is 0 Å². The van der Waals surface area contributed by atoms with E-state index in [1.807, 2.05) is 55.6 Å². The molecule has 0 atom stereocenters. The predicted molar refractivity (Wildman–Crippen MR) is 102 cm³/mol. The van der Waals surface area contributed by atoms with E-state index >= 15 is 0 Å². The molecular weight excluding hydrogens is 326 g/mol. The molecule has 0 spiro atoms. The lowest BCUT2D eigenvalue weighted by Crippen LogP contribution is -2.31. The van der Waals surface area contributed by atoms with E-state index in [2.05, 4.69) is 20.4 Å². The number of aromatic amines is 1. The minimum absolute atomic E-state index is 0.0194. The van der Waals surface area contributed by atoms with Crippen LogP contribution < -0.4 is 10.3 Å². The molecule has 0 fully saturated rings. The molecule has 2 aromatic heterocycles. The van der Waals surface area contributed by atoms with E-state index < -0.39 is 0 Å². The Kier molecular flexibility index (Phi) is 4.23. The van der Waals surface area contributed by atoms with Gasteiger partial charge in [-0.05, 0) is 30.3 Å². The van der Waals surface area contributed by atoms with E-state index in [4.69, 9.17) is 0 Å². The fourth-order valence-electron chi connectivity index (χ4n) is 2.99. The molecule has 6 heteroatoms. The van der Waals surface area contributed by atoms with Gasteiger partial charge in [-0.2, -0.15) is 5.10 Å². The lowest BCUT2D eigenvalue weighted by Gasteiger charge is -2.12. The Hall–Kier alpha value is -3.41. The molecule has 3 aromatic rings. The normalized spacial score (nSPS) is 13.5. The van der Waals surface area contributed by atoms with Crippen LogP contribution in [0, 0.1) is 0 Å². The van der Waals surface area contributed by atoms with Crippen molar-refractivity contribution in [3.63, 3.8) is 0 Å². The standard InChI is InChI=1S/C20H19N5O/c1-25(16-5-3-2-4-6-16)23-13-15-11-14(7-9-21-15)19-12-17-18(24-19)8-10-22-20(17)26/h2-7,9,11-13,24H,8,10H2,1H3,(H,22,26)/b23-13+. The van der Waals surface area contributed by atoms with Gasteiger partial charge in [0.2, 0.25) is 0 Å². The zero-order chi connectivity index (χ0) is 17.9. The Morgan fingerprint density at radius 3 is 2.85 bits per heavy atom. The highest BCUT2D eigenvalue weighted by molar-refractivity contribution is 5.97. The van der Waals surface area contributed by atoms with Crippen molar-refractivity contribution in [2.45, 2.75) is 6.42 Å². The number of nitrogens with one attached hydrogen (secondary N) is 2. The summed E-state index contributed by atoms with van der Waals surface area (Å²) in [6.07, 6.45) is 4.30. The second kappa shape index (κ2) is 6.84. The number of para-hydroxylation sites is 1. The van der Waals surface area contributed by atoms with Crippen molar-refractivity contribution in [1.82, 2.24) is 15.3 Å². The maximum atomic E-state index is 11.9. The van der Waals surface area contributed by atoms with Crippen molar-refractivity contribution in [3.05, 3.63) is 71.7 Å². The number of H-pyrrole nitrogens is 1. The highest BCUT2D eigenvalue weighted by Gasteiger charge is 2.19. The number of aromatic nitrogens is 2. The number of hydrazone groups is 1. The van der Waals surface area contributed by atoms with Crippen LogP contribution in [0.15, 0.2) is 59.8 Å². The number of hydrogen-bond acceptors (Lipinski definition) is 4. The molecule has 1 amide bonds. The minimum Gasteiger partial charge on any atom is -0.358 e. The highest BCUT2D eigenvalue weighted by atomic mass is 16.1. The molecule has 1 aromatic carbocycles. The number of hydrogen-bond donors (Lipinski definition) is 2. The molecule has 26 heavy (non-hydrogen) atoms. The van der Waals surface area contributed by atoms with Gasteiger partial charge in [-0.15, -0.1) is 0 Å². The summed E-state index contributed by atoms with van der Waals surface area (Å²) >= 11 is 0. The Labute approximate surface area is 151 Å². The van der Waals surface area contributed by atoms with Gasteiger partial charge in [0.25, 0.3) is 5.91 Å². The van der Waals surface area contributed by atoms with Crippen molar-refractivity contribution in [2.24, 2.45) is 5.10 Å². The predicted octanol–water partition coefficient (Wildman–Crippen LogP) is 2.83. The third kappa shape index (κ3) is 3.21. The van der Waals surface area contributed by atoms with Gasteiger partial charge >= 0.3 is 0 Å². The van der Waals surface area contributed by atoms with E-state index in [1.54, 1.807) is 17.4 Å². The second-order valence-electron chi connectivity index (χ2n) is 6.15. The number of benzene rings is 1. The summed E-state index contributed by atoms with van der Waals surface area (Å²) in [7, 11) is 1.90. The van der Waals surface area contributed by atoms with Crippen LogP contribution >= 0.6 is 0 Å². The molecule has 0 bridgehead atoms. The summed E-state index contributed by atoms with van der Waals surface area (Å²) in [6.45, 7) is 0.672. The minimum atomic E-state index is -0.0194. The summed E-state index contributed by atoms with van der Waals surface area (Å²) in [5.74, 6) is -0.0194. The molecule has 0 unspecified atom stereocenters. The first kappa shape index (κ1) is 16.1. The van der Waals surface area contributed by atoms with Crippen LogP contribution in [-0.4, -0.2) is 35.7 Å². The van der Waals surface area contributed by atoms with Crippen LogP contribution in [0.3, 0.4) is 0 Å². The van der Waals surface area contributed by atoms with Crippen molar-refractivity contribution in [2.75, 3.05) is 18.6 Å². The summed E-state index contributed by atoms with van der Waals surface area (Å²) < 4.78 is 0. The molecule has 0 saturated carbocycles. The molecule has 1 aliphatic rings. The summed E-state index contributed by atoms with van der Waals surface area (Å²) in [5, 5.41) is 9.11. The smallest absolute Gasteiger partial charge is 0.253 e. The lowest BCUT2D eigenvalue weighted by molar-refractivity contribution is 0.0946. The van der Waals surface area contributed by atoms with E-state index in [9.17, 15) is 4.79 Å². The molecular formula is C20H19N5O. The molecule has 0 saturated heterocycles. The maximum absolute atomic E-state index is 11.9. The SMILES string of the molecule is CN(/N=C/c1cc(-c2cc3c([nH]2)CCNC3=O)ccn1)c1ccccc1. The highest BCUT2D eigenvalue weighted by Crippen LogP contribution is 2.24. The molecule has 130 valence electrons. The van der Waals surface area contributed by atoms with Crippen LogP contribution in [0.5, 0.6) is 0 Å². The zero-order valence-electron chi connectivity index (χ0n) is 14.4. The molecule has 3 heterocycles. The van der Waals surface area contributed by atoms with Crippen LogP contribution in [0.25, 0.3) is 11.3 Å². The third-order valence-corrected chi connectivity index (χ3v) is 4.39. The second-order valence-corrected chi connectivity index (χ2v) is 6.15. The number of rotatable bonds is 4. The molecule has 0 radical (unpaired) electrons. The van der Waals surface area contributed by atoms with Crippen LogP contribution in [0.1, 0.15) is 21.7 Å². The topological polar surface area (TPSA) is 73.4 Å². The lowest BCUT2D eigenvalue weighted by atomic mass is 10.1. The number of carbonyl (C=O) groups excluding carboxylic acids is 1. The monoisotopic (exact) mass is 345 g/mol. The molecule has 0 aliphatic carbocycles. The average Bonchev–Trinajstić information content (AvgIpc) is 3.13. The first-order valence-corrected chi connectivity index (χ1v) is 8.50. The van der Waals surface area contributed by atoms with E-state index in [-0.39, 0.29) is 5.91 Å². The van der Waals surface area contributed by atoms with Crippen molar-refractivity contribution in [1.29, 1.82) is 0 Å². The Bertz CT molecular complexity index is 961.